The van der Waals surface area contributed by atoms with Crippen LogP contribution in [0.15, 0.2) is 0 Å². The molecule has 4 heteroatoms. The van der Waals surface area contributed by atoms with Crippen LogP contribution in [-0.4, -0.2) is 25.3 Å². The highest BCUT2D eigenvalue weighted by molar-refractivity contribution is 5.64. The molecule has 2 unspecified atom stereocenters. The van der Waals surface area contributed by atoms with Gasteiger partial charge in [0, 0.05) is 12.6 Å². The van der Waals surface area contributed by atoms with E-state index in [0.717, 1.165) is 18.4 Å². The van der Waals surface area contributed by atoms with Crippen molar-refractivity contribution < 1.29 is 9.53 Å². The lowest BCUT2D eigenvalue weighted by Crippen LogP contribution is -2.43. The summed E-state index contributed by atoms with van der Waals surface area (Å²) < 4.78 is 4.79. The molecule has 0 radical (unpaired) electrons. The fraction of sp³-hybridized carbons (Fsp3) is 0.933. The third-order valence-electron chi connectivity index (χ3n) is 4.83. The fourth-order valence-corrected chi connectivity index (χ4v) is 3.94. The van der Waals surface area contributed by atoms with Crippen LogP contribution in [0.5, 0.6) is 0 Å². The Labute approximate surface area is 116 Å². The molecule has 3 N–H and O–H groups in total. The molecule has 4 nitrogen and oxygen atoms in total. The number of carbonyl (C=O) groups excluding carboxylic acids is 1. The van der Waals surface area contributed by atoms with Crippen molar-refractivity contribution in [3.8, 4) is 0 Å². The maximum atomic E-state index is 10.5. The molecule has 19 heavy (non-hydrogen) atoms. The number of ether oxygens (including phenoxy) is 1. The number of amides is 1. The molecule has 0 heterocycles. The molecular weight excluding hydrogens is 240 g/mol. The first kappa shape index (κ1) is 14.6. The lowest BCUT2D eigenvalue weighted by atomic mass is 9.71. The van der Waals surface area contributed by atoms with E-state index in [9.17, 15) is 4.79 Å². The summed E-state index contributed by atoms with van der Waals surface area (Å²) in [4.78, 5) is 10.5. The molecule has 2 aliphatic carbocycles. The van der Waals surface area contributed by atoms with Crippen molar-refractivity contribution in [1.29, 1.82) is 0 Å². The molecule has 2 aliphatic rings. The number of hydrogen-bond donors (Lipinski definition) is 2. The molecule has 1 amide bonds. The molecule has 2 fully saturated rings. The lowest BCUT2D eigenvalue weighted by Gasteiger charge is -2.39. The van der Waals surface area contributed by atoms with E-state index < -0.39 is 6.09 Å². The van der Waals surface area contributed by atoms with Gasteiger partial charge in [-0.1, -0.05) is 44.9 Å². The minimum atomic E-state index is -0.672. The van der Waals surface area contributed by atoms with E-state index in [1.165, 1.54) is 57.8 Å². The minimum absolute atomic E-state index is 0.392. The zero-order valence-electron chi connectivity index (χ0n) is 11.9. The molecule has 0 aromatic heterocycles. The molecule has 0 saturated heterocycles. The molecule has 0 spiro atoms. The highest BCUT2D eigenvalue weighted by Gasteiger charge is 2.31. The van der Waals surface area contributed by atoms with Gasteiger partial charge in [-0.05, 0) is 24.7 Å². The molecule has 110 valence electrons. The van der Waals surface area contributed by atoms with Crippen LogP contribution in [0.4, 0.5) is 4.79 Å². The van der Waals surface area contributed by atoms with E-state index in [4.69, 9.17) is 10.5 Å². The Morgan fingerprint density at radius 2 is 1.74 bits per heavy atom. The van der Waals surface area contributed by atoms with E-state index in [0.29, 0.717) is 12.6 Å². The topological polar surface area (TPSA) is 64.4 Å². The summed E-state index contributed by atoms with van der Waals surface area (Å²) in [6.07, 6.45) is 11.8. The Hall–Kier alpha value is -0.770. The van der Waals surface area contributed by atoms with Gasteiger partial charge >= 0.3 is 6.09 Å². The maximum absolute atomic E-state index is 10.5. The summed E-state index contributed by atoms with van der Waals surface area (Å²) in [6.45, 7) is 1.13. The maximum Gasteiger partial charge on any atom is 0.404 e. The van der Waals surface area contributed by atoms with Crippen LogP contribution >= 0.6 is 0 Å². The van der Waals surface area contributed by atoms with E-state index in [-0.39, 0.29) is 0 Å². The SMILES string of the molecule is NC(=O)OCCNC1CCCCC1C1CCCCC1. The monoisotopic (exact) mass is 268 g/mol. The molecule has 0 aliphatic heterocycles. The number of carbonyl (C=O) groups is 1. The van der Waals surface area contributed by atoms with Crippen LogP contribution in [0.1, 0.15) is 57.8 Å². The summed E-state index contributed by atoms with van der Waals surface area (Å²) in [5, 5.41) is 3.59. The van der Waals surface area contributed by atoms with Crippen molar-refractivity contribution in [1.82, 2.24) is 5.32 Å². The second-order valence-corrected chi connectivity index (χ2v) is 6.07. The van der Waals surface area contributed by atoms with Crippen molar-refractivity contribution in [3.63, 3.8) is 0 Å². The van der Waals surface area contributed by atoms with Crippen molar-refractivity contribution in [2.75, 3.05) is 13.2 Å². The van der Waals surface area contributed by atoms with Gasteiger partial charge in [0.2, 0.25) is 0 Å². The van der Waals surface area contributed by atoms with E-state index in [2.05, 4.69) is 5.32 Å². The van der Waals surface area contributed by atoms with Gasteiger partial charge < -0.3 is 15.8 Å². The second-order valence-electron chi connectivity index (χ2n) is 6.07. The average Bonchev–Trinajstić information content (AvgIpc) is 2.45. The number of nitrogens with one attached hydrogen (secondary N) is 1. The Morgan fingerprint density at radius 3 is 2.47 bits per heavy atom. The molecule has 0 aromatic carbocycles. The number of rotatable bonds is 5. The van der Waals surface area contributed by atoms with E-state index in [1.54, 1.807) is 0 Å². The van der Waals surface area contributed by atoms with E-state index in [1.807, 2.05) is 0 Å². The van der Waals surface area contributed by atoms with Gasteiger partial charge in [-0.15, -0.1) is 0 Å². The van der Waals surface area contributed by atoms with Gasteiger partial charge in [0.25, 0.3) is 0 Å². The molecule has 2 atom stereocenters. The zero-order chi connectivity index (χ0) is 13.5. The first-order valence-corrected chi connectivity index (χ1v) is 7.93. The molecule has 2 saturated carbocycles. The number of hydrogen-bond acceptors (Lipinski definition) is 3. The van der Waals surface area contributed by atoms with Gasteiger partial charge in [0.15, 0.2) is 0 Å². The van der Waals surface area contributed by atoms with Gasteiger partial charge in [0.05, 0.1) is 0 Å². The highest BCUT2D eigenvalue weighted by atomic mass is 16.5. The first-order valence-electron chi connectivity index (χ1n) is 7.93. The standard InChI is InChI=1S/C15H28N2O2/c16-15(18)19-11-10-17-14-9-5-4-8-13(14)12-6-2-1-3-7-12/h12-14,17H,1-11H2,(H2,16,18). The van der Waals surface area contributed by atoms with Crippen molar-refractivity contribution in [2.45, 2.75) is 63.8 Å². The largest absolute Gasteiger partial charge is 0.448 e. The zero-order valence-corrected chi connectivity index (χ0v) is 11.9. The first-order chi connectivity index (χ1) is 9.27. The quantitative estimate of drug-likeness (QED) is 0.754. The normalized spacial score (nSPS) is 29.1. The third-order valence-corrected chi connectivity index (χ3v) is 4.83. The summed E-state index contributed by atoms with van der Waals surface area (Å²) in [7, 11) is 0. The Morgan fingerprint density at radius 1 is 1.05 bits per heavy atom. The van der Waals surface area contributed by atoms with E-state index >= 15 is 0 Å². The number of nitrogens with two attached hydrogens (primary N) is 1. The summed E-state index contributed by atoms with van der Waals surface area (Å²) >= 11 is 0. The van der Waals surface area contributed by atoms with Gasteiger partial charge in [-0.2, -0.15) is 0 Å². The minimum Gasteiger partial charge on any atom is -0.448 e. The highest BCUT2D eigenvalue weighted by Crippen LogP contribution is 2.38. The van der Waals surface area contributed by atoms with Crippen LogP contribution in [0.25, 0.3) is 0 Å². The molecule has 2 rings (SSSR count). The Kier molecular flexibility index (Phi) is 5.95. The Bertz CT molecular complexity index is 277. The predicted octanol–water partition coefficient (Wildman–Crippen LogP) is 2.81. The van der Waals surface area contributed by atoms with Crippen molar-refractivity contribution in [3.05, 3.63) is 0 Å². The van der Waals surface area contributed by atoms with Crippen molar-refractivity contribution >= 4 is 6.09 Å². The van der Waals surface area contributed by atoms with Crippen LogP contribution in [0.3, 0.4) is 0 Å². The Balaban J connectivity index is 1.76. The third kappa shape index (κ3) is 4.68. The summed E-state index contributed by atoms with van der Waals surface area (Å²) in [5.74, 6) is 1.76. The fourth-order valence-electron chi connectivity index (χ4n) is 3.94. The van der Waals surface area contributed by atoms with Crippen molar-refractivity contribution in [2.24, 2.45) is 17.6 Å². The predicted molar refractivity (Wildman–Crippen MR) is 75.9 cm³/mol. The average molecular weight is 268 g/mol. The molecular formula is C15H28N2O2. The van der Waals surface area contributed by atoms with Gasteiger partial charge in [-0.3, -0.25) is 0 Å². The smallest absolute Gasteiger partial charge is 0.404 e. The lowest BCUT2D eigenvalue weighted by molar-refractivity contribution is 0.133. The summed E-state index contributed by atoms with van der Waals surface area (Å²) in [6, 6.07) is 0.619. The van der Waals surface area contributed by atoms with Gasteiger partial charge in [-0.25, -0.2) is 4.79 Å². The summed E-state index contributed by atoms with van der Waals surface area (Å²) in [5.41, 5.74) is 4.97. The van der Waals surface area contributed by atoms with Crippen LogP contribution < -0.4 is 11.1 Å². The molecule has 0 bridgehead atoms. The second kappa shape index (κ2) is 7.73. The van der Waals surface area contributed by atoms with Crippen LogP contribution in [0.2, 0.25) is 0 Å². The molecule has 0 aromatic rings. The van der Waals surface area contributed by atoms with Crippen LogP contribution in [-0.2, 0) is 4.74 Å². The van der Waals surface area contributed by atoms with Gasteiger partial charge in [0.1, 0.15) is 6.61 Å². The number of primary amides is 1. The van der Waals surface area contributed by atoms with Crippen LogP contribution in [0, 0.1) is 11.8 Å².